The number of pyridine rings is 1. The summed E-state index contributed by atoms with van der Waals surface area (Å²) >= 11 is 11.6. The molecule has 0 spiro atoms. The van der Waals surface area contributed by atoms with Crippen LogP contribution in [0.3, 0.4) is 0 Å². The van der Waals surface area contributed by atoms with E-state index in [0.717, 1.165) is 0 Å². The molecule has 82 valence electrons. The molecule has 0 bridgehead atoms. The van der Waals surface area contributed by atoms with Gasteiger partial charge in [-0.05, 0) is 24.3 Å². The molecule has 0 unspecified atom stereocenters. The predicted molar refractivity (Wildman–Crippen MR) is 64.1 cm³/mol. The van der Waals surface area contributed by atoms with Gasteiger partial charge in [0, 0.05) is 28.0 Å². The lowest BCUT2D eigenvalue weighted by Crippen LogP contribution is -1.94. The third-order valence-electron chi connectivity index (χ3n) is 2.11. The fourth-order valence-electron chi connectivity index (χ4n) is 1.37. The predicted octanol–water partition coefficient (Wildman–Crippen LogP) is 3.78. The second-order valence-electron chi connectivity index (χ2n) is 3.22. The second-order valence-corrected chi connectivity index (χ2v) is 4.10. The quantitative estimate of drug-likeness (QED) is 0.623. The summed E-state index contributed by atoms with van der Waals surface area (Å²) in [7, 11) is 0. The van der Waals surface area contributed by atoms with Gasteiger partial charge in [0.2, 0.25) is 5.95 Å². The van der Waals surface area contributed by atoms with Crippen molar-refractivity contribution < 1.29 is 4.39 Å². The summed E-state index contributed by atoms with van der Waals surface area (Å²) < 4.78 is 13.5. The first-order chi connectivity index (χ1) is 7.58. The normalized spacial score (nSPS) is 10.4. The van der Waals surface area contributed by atoms with Gasteiger partial charge in [-0.25, -0.2) is 4.98 Å². The summed E-state index contributed by atoms with van der Waals surface area (Å²) in [4.78, 5) is 3.53. The van der Waals surface area contributed by atoms with Gasteiger partial charge in [-0.1, -0.05) is 23.2 Å². The van der Waals surface area contributed by atoms with Crippen LogP contribution in [0.2, 0.25) is 10.0 Å². The molecule has 16 heavy (non-hydrogen) atoms. The maximum atomic E-state index is 13.5. The lowest BCUT2D eigenvalue weighted by molar-refractivity contribution is 0.587. The van der Waals surface area contributed by atoms with Gasteiger partial charge >= 0.3 is 0 Å². The zero-order valence-corrected chi connectivity index (χ0v) is 9.56. The number of nitrogens with two attached hydrogens (primary N) is 1. The minimum Gasteiger partial charge on any atom is -0.398 e. The molecular weight excluding hydrogens is 250 g/mol. The number of rotatable bonds is 1. The molecule has 2 rings (SSSR count). The first kappa shape index (κ1) is 11.2. The van der Waals surface area contributed by atoms with Crippen LogP contribution in [0.4, 0.5) is 10.1 Å². The number of nitrogen functional groups attached to an aromatic ring is 1. The van der Waals surface area contributed by atoms with E-state index in [9.17, 15) is 4.39 Å². The van der Waals surface area contributed by atoms with E-state index < -0.39 is 5.95 Å². The van der Waals surface area contributed by atoms with Gasteiger partial charge in [-0.2, -0.15) is 4.39 Å². The highest BCUT2D eigenvalue weighted by molar-refractivity contribution is 6.31. The van der Waals surface area contributed by atoms with E-state index in [2.05, 4.69) is 4.98 Å². The molecule has 0 saturated carbocycles. The summed E-state index contributed by atoms with van der Waals surface area (Å²) in [5.41, 5.74) is 6.90. The molecule has 1 aromatic carbocycles. The molecule has 1 aromatic heterocycles. The molecule has 5 heteroatoms. The highest BCUT2D eigenvalue weighted by Crippen LogP contribution is 2.31. The van der Waals surface area contributed by atoms with Gasteiger partial charge in [0.15, 0.2) is 0 Å². The van der Waals surface area contributed by atoms with Crippen molar-refractivity contribution in [2.75, 3.05) is 5.73 Å². The van der Waals surface area contributed by atoms with Crippen LogP contribution in [0.1, 0.15) is 0 Å². The molecule has 2 N–H and O–H groups in total. The fourth-order valence-corrected chi connectivity index (χ4v) is 1.70. The summed E-state index contributed by atoms with van der Waals surface area (Å²) in [5.74, 6) is -0.627. The van der Waals surface area contributed by atoms with Gasteiger partial charge in [0.25, 0.3) is 0 Å². The van der Waals surface area contributed by atoms with Crippen molar-refractivity contribution >= 4 is 28.9 Å². The molecule has 2 aromatic rings. The van der Waals surface area contributed by atoms with Crippen LogP contribution >= 0.6 is 23.2 Å². The Hall–Kier alpha value is -1.32. The summed E-state index contributed by atoms with van der Waals surface area (Å²) in [6.07, 6.45) is 1.24. The minimum atomic E-state index is -0.627. The number of nitrogens with zero attached hydrogens (tertiary/aromatic N) is 1. The van der Waals surface area contributed by atoms with Crippen molar-refractivity contribution in [3.63, 3.8) is 0 Å². The Labute approximate surface area is 102 Å². The summed E-state index contributed by atoms with van der Waals surface area (Å²) in [5, 5.41) is 0.819. The smallest absolute Gasteiger partial charge is 0.220 e. The SMILES string of the molecule is Nc1ccc(Cl)cc1-c1cc(Cl)cnc1F. The first-order valence-electron chi connectivity index (χ1n) is 4.44. The Bertz CT molecular complexity index is 494. The van der Waals surface area contributed by atoms with Gasteiger partial charge in [-0.15, -0.1) is 0 Å². The highest BCUT2D eigenvalue weighted by Gasteiger charge is 2.10. The minimum absolute atomic E-state index is 0.243. The van der Waals surface area contributed by atoms with Crippen LogP contribution in [-0.4, -0.2) is 4.98 Å². The van der Waals surface area contributed by atoms with Crippen molar-refractivity contribution in [3.05, 3.63) is 46.5 Å². The first-order valence-corrected chi connectivity index (χ1v) is 5.20. The third kappa shape index (κ3) is 2.10. The van der Waals surface area contributed by atoms with E-state index in [-0.39, 0.29) is 5.56 Å². The summed E-state index contributed by atoms with van der Waals surface area (Å²) in [6, 6.07) is 6.29. The monoisotopic (exact) mass is 256 g/mol. The van der Waals surface area contributed by atoms with Crippen LogP contribution < -0.4 is 5.73 Å². The topological polar surface area (TPSA) is 38.9 Å². The summed E-state index contributed by atoms with van der Waals surface area (Å²) in [6.45, 7) is 0. The number of benzene rings is 1. The van der Waals surface area contributed by atoms with Crippen molar-refractivity contribution in [1.29, 1.82) is 0 Å². The van der Waals surface area contributed by atoms with Crippen LogP contribution in [-0.2, 0) is 0 Å². The lowest BCUT2D eigenvalue weighted by Gasteiger charge is -2.07. The van der Waals surface area contributed by atoms with Crippen molar-refractivity contribution in [1.82, 2.24) is 4.98 Å². The largest absolute Gasteiger partial charge is 0.398 e. The van der Waals surface area contributed by atoms with E-state index in [4.69, 9.17) is 28.9 Å². The third-order valence-corrected chi connectivity index (χ3v) is 2.55. The fraction of sp³-hybridized carbons (Fsp3) is 0. The number of hydrogen-bond acceptors (Lipinski definition) is 2. The maximum Gasteiger partial charge on any atom is 0.220 e. The highest BCUT2D eigenvalue weighted by atomic mass is 35.5. The standard InChI is InChI=1S/C11H7Cl2FN2/c12-6-1-2-10(15)8(3-6)9-4-7(13)5-16-11(9)14/h1-5H,15H2. The number of anilines is 1. The van der Waals surface area contributed by atoms with Gasteiger partial charge in [-0.3, -0.25) is 0 Å². The molecule has 0 radical (unpaired) electrons. The Kier molecular flexibility index (Phi) is 2.99. The molecule has 0 saturated heterocycles. The molecular formula is C11H7Cl2FN2. The lowest BCUT2D eigenvalue weighted by atomic mass is 10.1. The number of aromatic nitrogens is 1. The van der Waals surface area contributed by atoms with E-state index in [0.29, 0.717) is 21.3 Å². The van der Waals surface area contributed by atoms with E-state index >= 15 is 0 Å². The molecule has 0 atom stereocenters. The Balaban J connectivity index is 2.66. The van der Waals surface area contributed by atoms with Gasteiger partial charge in [0.05, 0.1) is 5.02 Å². The van der Waals surface area contributed by atoms with Crippen LogP contribution in [0.5, 0.6) is 0 Å². The van der Waals surface area contributed by atoms with Crippen LogP contribution in [0, 0.1) is 5.95 Å². The van der Waals surface area contributed by atoms with Crippen molar-refractivity contribution in [2.24, 2.45) is 0 Å². The zero-order valence-electron chi connectivity index (χ0n) is 8.05. The molecule has 0 aliphatic carbocycles. The van der Waals surface area contributed by atoms with Crippen LogP contribution in [0.15, 0.2) is 30.5 Å². The number of halogens is 3. The molecule has 0 aliphatic heterocycles. The Morgan fingerprint density at radius 3 is 2.50 bits per heavy atom. The van der Waals surface area contributed by atoms with E-state index in [1.807, 2.05) is 0 Å². The van der Waals surface area contributed by atoms with Crippen molar-refractivity contribution in [3.8, 4) is 11.1 Å². The average molecular weight is 257 g/mol. The van der Waals surface area contributed by atoms with Gasteiger partial charge < -0.3 is 5.73 Å². The van der Waals surface area contributed by atoms with Crippen molar-refractivity contribution in [2.45, 2.75) is 0 Å². The molecule has 1 heterocycles. The molecule has 0 fully saturated rings. The van der Waals surface area contributed by atoms with Gasteiger partial charge in [0.1, 0.15) is 0 Å². The second kappa shape index (κ2) is 4.28. The average Bonchev–Trinajstić information content (AvgIpc) is 2.25. The maximum absolute atomic E-state index is 13.5. The number of hydrogen-bond donors (Lipinski definition) is 1. The zero-order chi connectivity index (χ0) is 11.7. The molecule has 2 nitrogen and oxygen atoms in total. The van der Waals surface area contributed by atoms with E-state index in [1.54, 1.807) is 18.2 Å². The van der Waals surface area contributed by atoms with E-state index in [1.165, 1.54) is 12.3 Å². The van der Waals surface area contributed by atoms with Crippen LogP contribution in [0.25, 0.3) is 11.1 Å². The Morgan fingerprint density at radius 1 is 1.06 bits per heavy atom. The Morgan fingerprint density at radius 2 is 1.75 bits per heavy atom. The molecule has 0 aliphatic rings. The molecule has 0 amide bonds.